The van der Waals surface area contributed by atoms with Crippen LogP contribution in [0, 0.1) is 0 Å². The molecule has 0 spiro atoms. The van der Waals surface area contributed by atoms with Crippen molar-refractivity contribution in [2.24, 2.45) is 0 Å². The average Bonchev–Trinajstić information content (AvgIpc) is 3.56. The summed E-state index contributed by atoms with van der Waals surface area (Å²) in [5.74, 6) is 1.30. The average molecular weight is 632 g/mol. The Morgan fingerprint density at radius 1 is 1.04 bits per heavy atom. The summed E-state index contributed by atoms with van der Waals surface area (Å²) in [4.78, 5) is 29.4. The molecule has 1 unspecified atom stereocenters. The molecule has 1 saturated heterocycles. The summed E-state index contributed by atoms with van der Waals surface area (Å²) in [6.45, 7) is 7.15. The van der Waals surface area contributed by atoms with E-state index in [1.807, 2.05) is 35.1 Å². The fraction of sp³-hybridized carbons (Fsp3) is 0.471. The maximum atomic E-state index is 12.1. The third-order valence-corrected chi connectivity index (χ3v) is 7.79. The molecule has 1 aliphatic heterocycles. The van der Waals surface area contributed by atoms with Crippen LogP contribution in [-0.4, -0.2) is 71.9 Å². The molecule has 46 heavy (non-hydrogen) atoms. The van der Waals surface area contributed by atoms with Gasteiger partial charge in [0.2, 0.25) is 5.91 Å². The summed E-state index contributed by atoms with van der Waals surface area (Å²) < 4.78 is 18.5. The lowest BCUT2D eigenvalue weighted by molar-refractivity contribution is -0.200. The molecule has 2 aromatic carbocycles. The summed E-state index contributed by atoms with van der Waals surface area (Å²) >= 11 is 0. The van der Waals surface area contributed by atoms with Crippen molar-refractivity contribution in [3.8, 4) is 22.8 Å². The van der Waals surface area contributed by atoms with E-state index in [2.05, 4.69) is 46.8 Å². The van der Waals surface area contributed by atoms with Gasteiger partial charge in [-0.3, -0.25) is 14.5 Å². The van der Waals surface area contributed by atoms with Crippen LogP contribution >= 0.6 is 0 Å². The Morgan fingerprint density at radius 3 is 2.61 bits per heavy atom. The minimum Gasteiger partial charge on any atom is -0.497 e. The zero-order valence-corrected chi connectivity index (χ0v) is 27.2. The van der Waals surface area contributed by atoms with Gasteiger partial charge in [0.1, 0.15) is 11.5 Å². The number of nitrogens with one attached hydrogen (secondary N) is 2. The second-order valence-electron chi connectivity index (χ2n) is 11.6. The molecule has 2 N–H and O–H groups in total. The smallest absolute Gasteiger partial charge is 0.243 e. The molecule has 0 aliphatic carbocycles. The van der Waals surface area contributed by atoms with Crippen molar-refractivity contribution >= 4 is 28.3 Å². The third kappa shape index (κ3) is 9.15. The first kappa shape index (κ1) is 33.1. The fourth-order valence-corrected chi connectivity index (χ4v) is 5.29. The first-order valence-electron chi connectivity index (χ1n) is 16.0. The summed E-state index contributed by atoms with van der Waals surface area (Å²) in [6.07, 6.45) is 10.0. The van der Waals surface area contributed by atoms with Crippen LogP contribution < -0.4 is 25.2 Å². The topological polar surface area (TPSA) is 125 Å². The van der Waals surface area contributed by atoms with Crippen LogP contribution in [0.3, 0.4) is 0 Å². The highest BCUT2D eigenvalue weighted by Gasteiger charge is 2.17. The van der Waals surface area contributed by atoms with Crippen LogP contribution in [0.2, 0.25) is 0 Å². The number of anilines is 2. The number of nitrogens with zero attached hydrogens (tertiary/aromatic N) is 5. The van der Waals surface area contributed by atoms with E-state index in [1.165, 1.54) is 0 Å². The Labute approximate surface area is 270 Å². The second kappa shape index (κ2) is 16.3. The lowest BCUT2D eigenvalue weighted by atomic mass is 10.2. The SMILES string of the molecule is COc1cc(OC)cc(N(CCNC(C)C)c2ccc3ncc(-c4cnn(CCCCC(=O)NOC5CCCCO5)c4)nc3c2)c1. The van der Waals surface area contributed by atoms with E-state index in [0.29, 0.717) is 25.6 Å². The van der Waals surface area contributed by atoms with Crippen molar-refractivity contribution < 1.29 is 23.8 Å². The lowest BCUT2D eigenvalue weighted by Gasteiger charge is -2.27. The second-order valence-corrected chi connectivity index (χ2v) is 11.6. The zero-order chi connectivity index (χ0) is 32.3. The summed E-state index contributed by atoms with van der Waals surface area (Å²) in [7, 11) is 3.31. The molecule has 1 aliphatic rings. The summed E-state index contributed by atoms with van der Waals surface area (Å²) in [5, 5.41) is 8.03. The van der Waals surface area contributed by atoms with E-state index in [9.17, 15) is 4.79 Å². The van der Waals surface area contributed by atoms with E-state index in [-0.39, 0.29) is 12.2 Å². The van der Waals surface area contributed by atoms with Gasteiger partial charge in [0.15, 0.2) is 6.29 Å². The predicted molar refractivity (Wildman–Crippen MR) is 177 cm³/mol. The number of hydrogen-bond acceptors (Lipinski definition) is 10. The molecular formula is C34H45N7O5. The van der Waals surface area contributed by atoms with Crippen LogP contribution in [0.4, 0.5) is 11.4 Å². The van der Waals surface area contributed by atoms with Crippen LogP contribution in [0.5, 0.6) is 11.5 Å². The molecule has 1 fully saturated rings. The van der Waals surface area contributed by atoms with Gasteiger partial charge in [-0.2, -0.15) is 5.10 Å². The van der Waals surface area contributed by atoms with Gasteiger partial charge in [-0.05, 0) is 43.9 Å². The van der Waals surface area contributed by atoms with Gasteiger partial charge in [-0.15, -0.1) is 0 Å². The third-order valence-electron chi connectivity index (χ3n) is 7.79. The van der Waals surface area contributed by atoms with Crippen molar-refractivity contribution in [2.75, 3.05) is 38.8 Å². The van der Waals surface area contributed by atoms with Gasteiger partial charge in [0.25, 0.3) is 0 Å². The highest BCUT2D eigenvalue weighted by Crippen LogP contribution is 2.34. The van der Waals surface area contributed by atoms with E-state index >= 15 is 0 Å². The Morgan fingerprint density at radius 2 is 1.87 bits per heavy atom. The fourth-order valence-electron chi connectivity index (χ4n) is 5.29. The van der Waals surface area contributed by atoms with Crippen molar-refractivity contribution in [2.45, 2.75) is 71.2 Å². The molecule has 0 bridgehead atoms. The number of fused-ring (bicyclic) bond motifs is 1. The first-order valence-corrected chi connectivity index (χ1v) is 16.0. The number of hydroxylamine groups is 1. The Bertz CT molecular complexity index is 1550. The number of carbonyl (C=O) groups excluding carboxylic acids is 1. The van der Waals surface area contributed by atoms with Crippen molar-refractivity contribution in [3.63, 3.8) is 0 Å². The number of ether oxygens (including phenoxy) is 3. The maximum absolute atomic E-state index is 12.1. The molecule has 5 rings (SSSR count). The Balaban J connectivity index is 1.24. The summed E-state index contributed by atoms with van der Waals surface area (Å²) in [6, 6.07) is 12.4. The molecule has 246 valence electrons. The number of benzene rings is 2. The molecule has 2 aromatic heterocycles. The van der Waals surface area contributed by atoms with Crippen molar-refractivity contribution in [3.05, 3.63) is 55.0 Å². The van der Waals surface area contributed by atoms with E-state index in [1.54, 1.807) is 26.6 Å². The van der Waals surface area contributed by atoms with Gasteiger partial charge in [0.05, 0.1) is 43.3 Å². The van der Waals surface area contributed by atoms with Gasteiger partial charge in [0, 0.05) is 86.5 Å². The van der Waals surface area contributed by atoms with Crippen LogP contribution in [0.1, 0.15) is 52.4 Å². The number of aryl methyl sites for hydroxylation is 1. The van der Waals surface area contributed by atoms with Gasteiger partial charge < -0.3 is 24.4 Å². The van der Waals surface area contributed by atoms with Crippen molar-refractivity contribution in [1.82, 2.24) is 30.5 Å². The number of aromatic nitrogens is 4. The Kier molecular flexibility index (Phi) is 11.8. The largest absolute Gasteiger partial charge is 0.497 e. The molecule has 12 heteroatoms. The number of unbranched alkanes of at least 4 members (excludes halogenated alkanes) is 1. The number of rotatable bonds is 16. The molecule has 1 atom stereocenters. The van der Waals surface area contributed by atoms with Gasteiger partial charge in [-0.25, -0.2) is 15.3 Å². The number of hydrogen-bond donors (Lipinski definition) is 2. The maximum Gasteiger partial charge on any atom is 0.243 e. The van der Waals surface area contributed by atoms with Crippen LogP contribution in [0.25, 0.3) is 22.3 Å². The molecule has 3 heterocycles. The van der Waals surface area contributed by atoms with E-state index < -0.39 is 0 Å². The number of methoxy groups -OCH3 is 2. The van der Waals surface area contributed by atoms with E-state index in [4.69, 9.17) is 29.0 Å². The molecule has 1 amide bonds. The van der Waals surface area contributed by atoms with Crippen LogP contribution in [0.15, 0.2) is 55.0 Å². The van der Waals surface area contributed by atoms with Crippen molar-refractivity contribution in [1.29, 1.82) is 0 Å². The zero-order valence-electron chi connectivity index (χ0n) is 27.2. The molecule has 0 saturated carbocycles. The quantitative estimate of drug-likeness (QED) is 0.123. The monoisotopic (exact) mass is 631 g/mol. The molecule has 4 aromatic rings. The normalized spacial score (nSPS) is 14.8. The highest BCUT2D eigenvalue weighted by atomic mass is 16.8. The Hall–Kier alpha value is -4.26. The number of amides is 1. The number of carbonyl (C=O) groups is 1. The minimum atomic E-state index is -0.340. The van der Waals surface area contributed by atoms with Gasteiger partial charge in [-0.1, -0.05) is 13.8 Å². The van der Waals surface area contributed by atoms with Gasteiger partial charge >= 0.3 is 0 Å². The molecule has 12 nitrogen and oxygen atoms in total. The summed E-state index contributed by atoms with van der Waals surface area (Å²) in [5.41, 5.74) is 7.67. The standard InChI is InChI=1S/C34H45N7O5/c1-24(2)35-13-15-41(27-17-28(43-3)20-29(18-27)44-4)26-11-12-30-31(19-26)38-32(22-36-30)25-21-37-40(23-25)14-7-5-9-33(42)39-46-34-10-6-8-16-45-34/h11-12,17-24,34-35H,5-10,13-16H2,1-4H3,(H,39,42). The molecular weight excluding hydrogens is 586 g/mol. The molecule has 0 radical (unpaired) electrons. The minimum absolute atomic E-state index is 0.138. The lowest BCUT2D eigenvalue weighted by Crippen LogP contribution is -2.32. The van der Waals surface area contributed by atoms with Crippen LogP contribution in [-0.2, 0) is 20.9 Å². The van der Waals surface area contributed by atoms with E-state index in [0.717, 1.165) is 90.4 Å². The highest BCUT2D eigenvalue weighted by molar-refractivity contribution is 5.82. The first-order chi connectivity index (χ1) is 22.4. The predicted octanol–water partition coefficient (Wildman–Crippen LogP) is 5.39.